The smallest absolute Gasteiger partial charge is 0.235 e. The van der Waals surface area contributed by atoms with Crippen molar-refractivity contribution in [2.45, 2.75) is 17.9 Å². The van der Waals surface area contributed by atoms with E-state index < -0.39 is 5.41 Å². The molecule has 0 fully saturated rings. The minimum Gasteiger partial charge on any atom is -0.485 e. The van der Waals surface area contributed by atoms with Gasteiger partial charge in [-0.1, -0.05) is 140 Å². The van der Waals surface area contributed by atoms with E-state index in [0.29, 0.717) is 5.95 Å². The van der Waals surface area contributed by atoms with Crippen molar-refractivity contribution in [1.82, 2.24) is 14.5 Å². The van der Waals surface area contributed by atoms with Crippen LogP contribution in [-0.4, -0.2) is 20.6 Å². The van der Waals surface area contributed by atoms with Gasteiger partial charge in [0, 0.05) is 39.3 Å². The number of nitrogens with zero attached hydrogens (tertiary/aromatic N) is 3. The summed E-state index contributed by atoms with van der Waals surface area (Å²) in [5.41, 5.74) is 17.5. The molecule has 3 aliphatic carbocycles. The van der Waals surface area contributed by atoms with Gasteiger partial charge in [-0.25, -0.2) is 9.97 Å². The Bertz CT molecular complexity index is 3450. The van der Waals surface area contributed by atoms with Crippen LogP contribution in [0, 0.1) is 0 Å². The number of benzene rings is 8. The molecule has 8 aromatic carbocycles. The van der Waals surface area contributed by atoms with Crippen molar-refractivity contribution < 1.29 is 4.74 Å². The number of para-hydroxylation sites is 1. The van der Waals surface area contributed by atoms with E-state index in [9.17, 15) is 0 Å². The van der Waals surface area contributed by atoms with Gasteiger partial charge in [-0.05, 0) is 85.6 Å². The zero-order chi connectivity index (χ0) is 37.0. The van der Waals surface area contributed by atoms with Crippen LogP contribution < -0.4 is 4.74 Å². The Morgan fingerprint density at radius 2 is 1.28 bits per heavy atom. The lowest BCUT2D eigenvalue weighted by molar-refractivity contribution is 0.276. The highest BCUT2D eigenvalue weighted by Gasteiger charge is 2.50. The summed E-state index contributed by atoms with van der Waals surface area (Å²) in [6, 6.07) is 60.0. The van der Waals surface area contributed by atoms with Crippen LogP contribution in [-0.2, 0) is 11.8 Å². The van der Waals surface area contributed by atoms with E-state index in [1.54, 1.807) is 0 Å². The zero-order valence-electron chi connectivity index (χ0n) is 30.7. The number of hydrogen-bond donors (Lipinski definition) is 0. The van der Waals surface area contributed by atoms with Crippen LogP contribution in [0.5, 0.6) is 5.75 Å². The van der Waals surface area contributed by atoms with Crippen LogP contribution in [0.1, 0.15) is 38.9 Å². The van der Waals surface area contributed by atoms with Crippen molar-refractivity contribution in [1.29, 1.82) is 0 Å². The molecule has 1 atom stereocenters. The summed E-state index contributed by atoms with van der Waals surface area (Å²) in [5.74, 6) is 1.57. The maximum Gasteiger partial charge on any atom is 0.235 e. The molecule has 0 saturated heterocycles. The molecule has 4 aliphatic rings. The summed E-state index contributed by atoms with van der Waals surface area (Å²) in [7, 11) is 0. The Kier molecular flexibility index (Phi) is 5.53. The molecule has 264 valence electrons. The van der Waals surface area contributed by atoms with Gasteiger partial charge in [0.2, 0.25) is 5.95 Å². The Labute approximate surface area is 328 Å². The Hall–Kier alpha value is -7.30. The Morgan fingerprint density at radius 3 is 2.16 bits per heavy atom. The second-order valence-electron chi connectivity index (χ2n) is 15.9. The molecular weight excluding hydrogens is 695 g/mol. The van der Waals surface area contributed by atoms with Gasteiger partial charge >= 0.3 is 0 Å². The third-order valence-electron chi connectivity index (χ3n) is 13.3. The predicted octanol–water partition coefficient (Wildman–Crippen LogP) is 12.1. The zero-order valence-corrected chi connectivity index (χ0v) is 30.7. The van der Waals surface area contributed by atoms with Crippen LogP contribution in [0.25, 0.3) is 83.5 Å². The molecule has 0 saturated carbocycles. The van der Waals surface area contributed by atoms with Crippen LogP contribution in [0.2, 0.25) is 0 Å². The van der Waals surface area contributed by atoms with E-state index >= 15 is 0 Å². The highest BCUT2D eigenvalue weighted by atomic mass is 16.5. The van der Waals surface area contributed by atoms with Crippen LogP contribution in [0.3, 0.4) is 0 Å². The van der Waals surface area contributed by atoms with Crippen LogP contribution >= 0.6 is 0 Å². The average molecular weight is 726 g/mol. The van der Waals surface area contributed by atoms with Gasteiger partial charge in [-0.15, -0.1) is 0 Å². The molecular formula is C53H31N3O. The lowest BCUT2D eigenvalue weighted by Gasteiger charge is -2.37. The summed E-state index contributed by atoms with van der Waals surface area (Å²) in [5, 5.41) is 6.09. The summed E-state index contributed by atoms with van der Waals surface area (Å²) >= 11 is 0. The van der Waals surface area contributed by atoms with E-state index in [2.05, 4.69) is 174 Å². The molecule has 4 heteroatoms. The quantitative estimate of drug-likeness (QED) is 0.178. The van der Waals surface area contributed by atoms with Crippen molar-refractivity contribution >= 4 is 55.1 Å². The minimum absolute atomic E-state index is 0.0194. The summed E-state index contributed by atoms with van der Waals surface area (Å²) in [6.07, 6.45) is 3.20. The fourth-order valence-electron chi connectivity index (χ4n) is 11.1. The van der Waals surface area contributed by atoms with Gasteiger partial charge in [0.1, 0.15) is 11.9 Å². The number of ether oxygens (including phenoxy) is 1. The van der Waals surface area contributed by atoms with Gasteiger partial charge < -0.3 is 4.74 Å². The minimum atomic E-state index is -0.465. The standard InChI is InChI=1S/C53H31N3O/c1-2-12-32-28-47-38(27-31(32)11-1)36-25-23-33(29-46(36)57-47)51-37-16-5-8-21-43(37)54-52(55-51)56-44-22-10-20-42-49(44)50-45(56)26-24-30-13-9-19-41(48(30)50)53(42)39-17-6-3-14-34(39)35-15-4-7-18-40(35)53/h1-27,29,47H,28H2. The summed E-state index contributed by atoms with van der Waals surface area (Å²) in [4.78, 5) is 10.9. The average Bonchev–Trinajstić information content (AvgIpc) is 3.90. The molecule has 1 unspecified atom stereocenters. The first kappa shape index (κ1) is 30.0. The first-order valence-corrected chi connectivity index (χ1v) is 19.8. The van der Waals surface area contributed by atoms with Gasteiger partial charge in [-0.3, -0.25) is 4.57 Å². The molecule has 2 aromatic heterocycles. The van der Waals surface area contributed by atoms with Crippen molar-refractivity contribution in [3.05, 3.63) is 203 Å². The second kappa shape index (κ2) is 10.5. The molecule has 0 bridgehead atoms. The maximum absolute atomic E-state index is 6.70. The number of rotatable bonds is 2. The third kappa shape index (κ3) is 3.64. The van der Waals surface area contributed by atoms with E-state index in [1.807, 2.05) is 0 Å². The van der Waals surface area contributed by atoms with E-state index in [-0.39, 0.29) is 6.10 Å². The lowest BCUT2D eigenvalue weighted by Crippen LogP contribution is -2.30. The Morgan fingerprint density at radius 1 is 0.561 bits per heavy atom. The fourth-order valence-corrected chi connectivity index (χ4v) is 11.1. The largest absolute Gasteiger partial charge is 0.485 e. The molecule has 0 N–H and O–H groups in total. The van der Waals surface area contributed by atoms with Crippen LogP contribution in [0.15, 0.2) is 164 Å². The Balaban J connectivity index is 1.03. The van der Waals surface area contributed by atoms with E-state index in [4.69, 9.17) is 14.7 Å². The molecule has 1 aliphatic heterocycles. The molecule has 3 heterocycles. The van der Waals surface area contributed by atoms with Gasteiger partial charge in [0.25, 0.3) is 0 Å². The van der Waals surface area contributed by atoms with Gasteiger partial charge in [-0.2, -0.15) is 0 Å². The SMILES string of the molecule is C1=C2c3ccc(-c4nc(-n5c6cccc7c6c6c8c(cccc8ccc65)C75c6ccccc6-c6ccccc65)nc5ccccc45)cc3OC2Cc2ccccc21. The first-order valence-electron chi connectivity index (χ1n) is 19.8. The van der Waals surface area contributed by atoms with E-state index in [1.165, 1.54) is 71.6 Å². The molecule has 57 heavy (non-hydrogen) atoms. The maximum atomic E-state index is 6.70. The third-order valence-corrected chi connectivity index (χ3v) is 13.3. The molecule has 4 nitrogen and oxygen atoms in total. The van der Waals surface area contributed by atoms with Crippen molar-refractivity contribution in [3.8, 4) is 34.1 Å². The van der Waals surface area contributed by atoms with Gasteiger partial charge in [0.15, 0.2) is 0 Å². The summed E-state index contributed by atoms with van der Waals surface area (Å²) in [6.45, 7) is 0. The predicted molar refractivity (Wildman–Crippen MR) is 230 cm³/mol. The number of fused-ring (bicyclic) bond motifs is 12. The molecule has 1 spiro atoms. The number of aromatic nitrogens is 3. The molecule has 0 amide bonds. The second-order valence-corrected chi connectivity index (χ2v) is 15.9. The van der Waals surface area contributed by atoms with E-state index in [0.717, 1.165) is 50.9 Å². The highest BCUT2D eigenvalue weighted by Crippen LogP contribution is 2.62. The first-order chi connectivity index (χ1) is 28.3. The normalized spacial score (nSPS) is 16.2. The van der Waals surface area contributed by atoms with Crippen molar-refractivity contribution in [2.24, 2.45) is 0 Å². The molecule has 0 radical (unpaired) electrons. The topological polar surface area (TPSA) is 39.9 Å². The van der Waals surface area contributed by atoms with Gasteiger partial charge in [0.05, 0.1) is 27.7 Å². The van der Waals surface area contributed by atoms with Crippen LogP contribution in [0.4, 0.5) is 0 Å². The molecule has 10 aromatic rings. The number of hydrogen-bond acceptors (Lipinski definition) is 3. The van der Waals surface area contributed by atoms with Crippen molar-refractivity contribution in [3.63, 3.8) is 0 Å². The van der Waals surface area contributed by atoms with Crippen molar-refractivity contribution in [2.75, 3.05) is 0 Å². The monoisotopic (exact) mass is 725 g/mol. The molecule has 14 rings (SSSR count). The summed E-state index contributed by atoms with van der Waals surface area (Å²) < 4.78 is 9.01. The lowest BCUT2D eigenvalue weighted by atomic mass is 9.63. The highest BCUT2D eigenvalue weighted by molar-refractivity contribution is 6.26. The fraction of sp³-hybridized carbons (Fsp3) is 0.0566.